The molecule has 1 fully saturated rings. The van der Waals surface area contributed by atoms with E-state index in [0.29, 0.717) is 17.0 Å². The van der Waals surface area contributed by atoms with Crippen LogP contribution < -0.4 is 14.8 Å². The maximum Gasteiger partial charge on any atom is 0.261 e. The summed E-state index contributed by atoms with van der Waals surface area (Å²) in [5, 5.41) is 2.94. The monoisotopic (exact) mass is 404 g/mol. The quantitative estimate of drug-likeness (QED) is 0.740. The minimum absolute atomic E-state index is 0.00685. The van der Waals surface area contributed by atoms with Crippen LogP contribution in [0.1, 0.15) is 29.6 Å². The minimum Gasteiger partial charge on any atom is -0.497 e. The summed E-state index contributed by atoms with van der Waals surface area (Å²) in [6, 6.07) is 12.5. The van der Waals surface area contributed by atoms with Crippen molar-refractivity contribution in [2.45, 2.75) is 36.3 Å². The van der Waals surface area contributed by atoms with E-state index in [1.807, 2.05) is 0 Å². The zero-order valence-electron chi connectivity index (χ0n) is 15.8. The maximum absolute atomic E-state index is 12.7. The smallest absolute Gasteiger partial charge is 0.261 e. The Morgan fingerprint density at radius 1 is 1.07 bits per heavy atom. The number of benzene rings is 2. The van der Waals surface area contributed by atoms with Gasteiger partial charge in [-0.05, 0) is 61.7 Å². The van der Waals surface area contributed by atoms with E-state index < -0.39 is 10.0 Å². The molecule has 0 heterocycles. The summed E-state index contributed by atoms with van der Waals surface area (Å²) in [6.07, 6.45) is 2.74. The van der Waals surface area contributed by atoms with Gasteiger partial charge in [0.25, 0.3) is 15.9 Å². The van der Waals surface area contributed by atoms with Gasteiger partial charge in [0.1, 0.15) is 5.75 Å². The molecule has 2 atom stereocenters. The number of hydrogen-bond acceptors (Lipinski definition) is 5. The highest BCUT2D eigenvalue weighted by Crippen LogP contribution is 2.23. The third-order valence-corrected chi connectivity index (χ3v) is 6.20. The van der Waals surface area contributed by atoms with E-state index in [4.69, 9.17) is 9.47 Å². The average Bonchev–Trinajstić information content (AvgIpc) is 3.15. The van der Waals surface area contributed by atoms with Crippen molar-refractivity contribution in [1.29, 1.82) is 0 Å². The van der Waals surface area contributed by atoms with Gasteiger partial charge in [-0.3, -0.25) is 9.52 Å². The fourth-order valence-electron chi connectivity index (χ4n) is 3.30. The molecule has 150 valence electrons. The van der Waals surface area contributed by atoms with Gasteiger partial charge in [-0.15, -0.1) is 0 Å². The molecule has 0 aliphatic heterocycles. The molecule has 7 nitrogen and oxygen atoms in total. The van der Waals surface area contributed by atoms with Crippen molar-refractivity contribution in [1.82, 2.24) is 5.32 Å². The molecule has 1 aliphatic rings. The van der Waals surface area contributed by atoms with Crippen LogP contribution in [-0.4, -0.2) is 40.7 Å². The molecule has 1 aliphatic carbocycles. The number of anilines is 1. The summed E-state index contributed by atoms with van der Waals surface area (Å²) in [4.78, 5) is 12.6. The van der Waals surface area contributed by atoms with Gasteiger partial charge in [0.15, 0.2) is 0 Å². The highest BCUT2D eigenvalue weighted by molar-refractivity contribution is 7.92. The Balaban J connectivity index is 1.74. The fourth-order valence-corrected chi connectivity index (χ4v) is 4.41. The molecule has 8 heteroatoms. The second kappa shape index (κ2) is 8.62. The molecule has 0 radical (unpaired) electrons. The van der Waals surface area contributed by atoms with Gasteiger partial charge in [0.2, 0.25) is 0 Å². The van der Waals surface area contributed by atoms with Crippen molar-refractivity contribution < 1.29 is 22.7 Å². The molecule has 0 saturated heterocycles. The van der Waals surface area contributed by atoms with Crippen molar-refractivity contribution >= 4 is 21.6 Å². The molecule has 2 unspecified atom stereocenters. The molecule has 2 aromatic rings. The van der Waals surface area contributed by atoms with Crippen molar-refractivity contribution in [2.24, 2.45) is 0 Å². The summed E-state index contributed by atoms with van der Waals surface area (Å²) in [7, 11) is -0.657. The van der Waals surface area contributed by atoms with Crippen LogP contribution in [0.25, 0.3) is 0 Å². The van der Waals surface area contributed by atoms with E-state index in [0.717, 1.165) is 19.3 Å². The first-order chi connectivity index (χ1) is 13.4. The van der Waals surface area contributed by atoms with Crippen LogP contribution in [0.2, 0.25) is 0 Å². The highest BCUT2D eigenvalue weighted by atomic mass is 32.2. The van der Waals surface area contributed by atoms with Crippen LogP contribution in [0.15, 0.2) is 53.4 Å². The van der Waals surface area contributed by atoms with Crippen LogP contribution in [0.4, 0.5) is 5.69 Å². The molecule has 0 aromatic heterocycles. The van der Waals surface area contributed by atoms with E-state index in [-0.39, 0.29) is 22.9 Å². The Morgan fingerprint density at radius 3 is 2.50 bits per heavy atom. The Bertz CT molecular complexity index is 928. The van der Waals surface area contributed by atoms with E-state index in [1.165, 1.54) is 19.2 Å². The second-order valence-corrected chi connectivity index (χ2v) is 8.33. The van der Waals surface area contributed by atoms with E-state index in [9.17, 15) is 13.2 Å². The third kappa shape index (κ3) is 4.63. The predicted molar refractivity (Wildman–Crippen MR) is 106 cm³/mol. The zero-order valence-corrected chi connectivity index (χ0v) is 16.7. The van der Waals surface area contributed by atoms with Crippen LogP contribution >= 0.6 is 0 Å². The average molecular weight is 404 g/mol. The molecule has 0 bridgehead atoms. The maximum atomic E-state index is 12.7. The first-order valence-electron chi connectivity index (χ1n) is 9.03. The molecule has 0 spiro atoms. The summed E-state index contributed by atoms with van der Waals surface area (Å²) >= 11 is 0. The number of nitrogens with one attached hydrogen (secondary N) is 2. The van der Waals surface area contributed by atoms with Gasteiger partial charge in [-0.1, -0.05) is 6.07 Å². The molecule has 1 saturated carbocycles. The van der Waals surface area contributed by atoms with Crippen molar-refractivity contribution in [3.05, 3.63) is 54.1 Å². The van der Waals surface area contributed by atoms with Gasteiger partial charge in [-0.2, -0.15) is 0 Å². The number of rotatable bonds is 7. The first-order valence-corrected chi connectivity index (χ1v) is 10.5. The highest BCUT2D eigenvalue weighted by Gasteiger charge is 2.29. The normalized spacial score (nSPS) is 19.2. The molecule has 2 aromatic carbocycles. The topological polar surface area (TPSA) is 93.7 Å². The molecule has 2 N–H and O–H groups in total. The Hall–Kier alpha value is -2.58. The molecular formula is C20H24N2O5S. The molecule has 1 amide bonds. The van der Waals surface area contributed by atoms with Gasteiger partial charge in [-0.25, -0.2) is 8.42 Å². The zero-order chi connectivity index (χ0) is 20.1. The van der Waals surface area contributed by atoms with Crippen molar-refractivity contribution in [3.8, 4) is 5.75 Å². The molecule has 3 rings (SSSR count). The largest absolute Gasteiger partial charge is 0.497 e. The Morgan fingerprint density at radius 2 is 1.82 bits per heavy atom. The number of hydrogen-bond donors (Lipinski definition) is 2. The summed E-state index contributed by atoms with van der Waals surface area (Å²) in [5.74, 6) is 0.318. The van der Waals surface area contributed by atoms with E-state index >= 15 is 0 Å². The van der Waals surface area contributed by atoms with Crippen molar-refractivity contribution in [3.63, 3.8) is 0 Å². The van der Waals surface area contributed by atoms with Gasteiger partial charge in [0, 0.05) is 18.4 Å². The first kappa shape index (κ1) is 20.2. The number of ether oxygens (including phenoxy) is 2. The van der Waals surface area contributed by atoms with Gasteiger partial charge in [0.05, 0.1) is 24.2 Å². The Labute approximate surface area is 165 Å². The standard InChI is InChI=1S/C20H24N2O5S/c1-26-16-11-9-15(10-12-16)22-28(24,25)17-6-3-5-14(13-17)20(23)21-18-7-4-8-19(18)27-2/h3,5-6,9-13,18-19,22H,4,7-8H2,1-2H3,(H,21,23). The van der Waals surface area contributed by atoms with Gasteiger partial charge >= 0.3 is 0 Å². The molecular weight excluding hydrogens is 380 g/mol. The lowest BCUT2D eigenvalue weighted by Gasteiger charge is -2.19. The number of methoxy groups -OCH3 is 2. The summed E-state index contributed by atoms with van der Waals surface area (Å²) in [6.45, 7) is 0. The number of sulfonamides is 1. The van der Waals surface area contributed by atoms with Crippen molar-refractivity contribution in [2.75, 3.05) is 18.9 Å². The number of carbonyl (C=O) groups excluding carboxylic acids is 1. The second-order valence-electron chi connectivity index (χ2n) is 6.65. The number of carbonyl (C=O) groups is 1. The lowest BCUT2D eigenvalue weighted by molar-refractivity contribution is 0.0722. The van der Waals surface area contributed by atoms with Gasteiger partial charge < -0.3 is 14.8 Å². The predicted octanol–water partition coefficient (Wildman–Crippen LogP) is 2.79. The third-order valence-electron chi connectivity index (χ3n) is 4.82. The Kier molecular flexibility index (Phi) is 6.21. The SMILES string of the molecule is COc1ccc(NS(=O)(=O)c2cccc(C(=O)NC3CCCC3OC)c2)cc1. The van der Waals surface area contributed by atoms with Crippen LogP contribution in [0.5, 0.6) is 5.75 Å². The fraction of sp³-hybridized carbons (Fsp3) is 0.350. The summed E-state index contributed by atoms with van der Waals surface area (Å²) < 4.78 is 38.3. The lowest BCUT2D eigenvalue weighted by atomic mass is 10.1. The molecule has 28 heavy (non-hydrogen) atoms. The number of amides is 1. The lowest BCUT2D eigenvalue weighted by Crippen LogP contribution is -2.40. The van der Waals surface area contributed by atoms with E-state index in [1.54, 1.807) is 43.5 Å². The van der Waals surface area contributed by atoms with Crippen LogP contribution in [0, 0.1) is 0 Å². The van der Waals surface area contributed by atoms with Crippen LogP contribution in [0.3, 0.4) is 0 Å². The summed E-state index contributed by atoms with van der Waals surface area (Å²) in [5.41, 5.74) is 0.698. The van der Waals surface area contributed by atoms with E-state index in [2.05, 4.69) is 10.0 Å². The minimum atomic E-state index is -3.83. The van der Waals surface area contributed by atoms with Crippen LogP contribution in [-0.2, 0) is 14.8 Å².